The lowest BCUT2D eigenvalue weighted by Crippen LogP contribution is -2.50. The second-order valence-electron chi connectivity index (χ2n) is 13.6. The highest BCUT2D eigenvalue weighted by molar-refractivity contribution is 5.96. The van der Waals surface area contributed by atoms with Gasteiger partial charge < -0.3 is 10.2 Å². The number of hydrogen-bond acceptors (Lipinski definition) is 2. The summed E-state index contributed by atoms with van der Waals surface area (Å²) in [4.78, 5) is 0. The third-order valence-electron chi connectivity index (χ3n) is 11.4. The summed E-state index contributed by atoms with van der Waals surface area (Å²) in [5, 5.41) is 24.7. The molecule has 44 heavy (non-hydrogen) atoms. The van der Waals surface area contributed by atoms with Gasteiger partial charge in [0.25, 0.3) is 0 Å². The van der Waals surface area contributed by atoms with Gasteiger partial charge in [0.05, 0.1) is 0 Å². The van der Waals surface area contributed by atoms with Crippen molar-refractivity contribution < 1.29 is 10.2 Å². The zero-order valence-corrected chi connectivity index (χ0v) is 25.3. The second kappa shape index (κ2) is 10.4. The molecular formula is C42H38O2. The first-order valence-electron chi connectivity index (χ1n) is 16.2. The van der Waals surface area contributed by atoms with E-state index in [0.29, 0.717) is 23.5 Å². The van der Waals surface area contributed by atoms with Crippen LogP contribution >= 0.6 is 0 Å². The van der Waals surface area contributed by atoms with Gasteiger partial charge in [-0.05, 0) is 137 Å². The number of fused-ring (bicyclic) bond motifs is 6. The van der Waals surface area contributed by atoms with E-state index in [9.17, 15) is 10.2 Å². The molecule has 2 fully saturated rings. The van der Waals surface area contributed by atoms with Crippen molar-refractivity contribution in [1.29, 1.82) is 0 Å². The van der Waals surface area contributed by atoms with Crippen molar-refractivity contribution in [2.24, 2.45) is 17.3 Å². The first kappa shape index (κ1) is 27.2. The topological polar surface area (TPSA) is 40.5 Å². The minimum atomic E-state index is -0.994. The van der Waals surface area contributed by atoms with Crippen LogP contribution < -0.4 is 0 Å². The van der Waals surface area contributed by atoms with Gasteiger partial charge in [-0.25, -0.2) is 0 Å². The highest BCUT2D eigenvalue weighted by Crippen LogP contribution is 2.64. The molecular weight excluding hydrogens is 536 g/mol. The summed E-state index contributed by atoms with van der Waals surface area (Å²) in [5.41, 5.74) is 7.19. The van der Waals surface area contributed by atoms with Crippen LogP contribution in [-0.2, 0) is 6.42 Å². The molecule has 0 unspecified atom stereocenters. The van der Waals surface area contributed by atoms with E-state index in [4.69, 9.17) is 0 Å². The van der Waals surface area contributed by atoms with Gasteiger partial charge >= 0.3 is 0 Å². The van der Waals surface area contributed by atoms with E-state index in [2.05, 4.69) is 116 Å². The molecule has 0 aliphatic heterocycles. The summed E-state index contributed by atoms with van der Waals surface area (Å²) in [6.45, 7) is 2.31. The Kier molecular flexibility index (Phi) is 6.44. The lowest BCUT2D eigenvalue weighted by atomic mass is 9.53. The van der Waals surface area contributed by atoms with Crippen LogP contribution in [0.2, 0.25) is 0 Å². The van der Waals surface area contributed by atoms with E-state index in [-0.39, 0.29) is 5.41 Å². The molecule has 3 aliphatic carbocycles. The van der Waals surface area contributed by atoms with Gasteiger partial charge in [0, 0.05) is 11.0 Å². The maximum Gasteiger partial charge on any atom is 0.131 e. The van der Waals surface area contributed by atoms with Gasteiger partial charge in [0.2, 0.25) is 0 Å². The maximum atomic E-state index is 12.2. The summed E-state index contributed by atoms with van der Waals surface area (Å²) >= 11 is 0. The smallest absolute Gasteiger partial charge is 0.131 e. The molecule has 5 aromatic carbocycles. The Balaban J connectivity index is 1.12. The molecule has 2 saturated carbocycles. The molecule has 0 radical (unpaired) electrons. The number of rotatable bonds is 2. The zero-order valence-electron chi connectivity index (χ0n) is 25.3. The Morgan fingerprint density at radius 2 is 1.43 bits per heavy atom. The Bertz CT molecular complexity index is 1950. The predicted octanol–water partition coefficient (Wildman–Crippen LogP) is 9.52. The van der Waals surface area contributed by atoms with Gasteiger partial charge in [-0.1, -0.05) is 91.6 Å². The number of benzene rings is 5. The number of aryl methyl sites for hydroxylation is 1. The number of phenolic OH excluding ortho intramolecular Hbond substituents is 1. The fourth-order valence-corrected chi connectivity index (χ4v) is 9.07. The van der Waals surface area contributed by atoms with Crippen molar-refractivity contribution in [3.8, 4) is 39.8 Å². The van der Waals surface area contributed by atoms with Gasteiger partial charge in [-0.2, -0.15) is 0 Å². The van der Waals surface area contributed by atoms with E-state index < -0.39 is 5.60 Å². The van der Waals surface area contributed by atoms with E-state index in [1.165, 1.54) is 38.6 Å². The van der Waals surface area contributed by atoms with Crippen LogP contribution in [0, 0.1) is 29.1 Å². The first-order chi connectivity index (χ1) is 21.4. The molecule has 5 atom stereocenters. The van der Waals surface area contributed by atoms with E-state index in [0.717, 1.165) is 49.7 Å². The molecule has 0 saturated heterocycles. The maximum absolute atomic E-state index is 12.2. The van der Waals surface area contributed by atoms with Crippen LogP contribution in [0.4, 0.5) is 0 Å². The monoisotopic (exact) mass is 574 g/mol. The van der Waals surface area contributed by atoms with Gasteiger partial charge in [0.15, 0.2) is 0 Å². The highest BCUT2D eigenvalue weighted by atomic mass is 16.3. The van der Waals surface area contributed by atoms with Crippen molar-refractivity contribution in [1.82, 2.24) is 0 Å². The Morgan fingerprint density at radius 1 is 0.705 bits per heavy atom. The van der Waals surface area contributed by atoms with Crippen LogP contribution in [0.15, 0.2) is 109 Å². The minimum Gasteiger partial charge on any atom is -0.508 e. The van der Waals surface area contributed by atoms with Crippen LogP contribution in [0.5, 0.6) is 5.75 Å². The Morgan fingerprint density at radius 3 is 2.23 bits per heavy atom. The quantitative estimate of drug-likeness (QED) is 0.206. The number of aliphatic hydroxyl groups is 1. The molecule has 2 heteroatoms. The first-order valence-corrected chi connectivity index (χ1v) is 16.2. The van der Waals surface area contributed by atoms with Crippen molar-refractivity contribution >= 4 is 10.8 Å². The van der Waals surface area contributed by atoms with Crippen LogP contribution in [0.1, 0.15) is 61.6 Å². The lowest BCUT2D eigenvalue weighted by Gasteiger charge is -2.52. The summed E-state index contributed by atoms with van der Waals surface area (Å²) < 4.78 is 0. The normalized spacial score (nSPS) is 27.1. The zero-order chi connectivity index (χ0) is 29.9. The van der Waals surface area contributed by atoms with Crippen molar-refractivity contribution in [2.75, 3.05) is 0 Å². The fourth-order valence-electron chi connectivity index (χ4n) is 9.07. The molecule has 2 N–H and O–H groups in total. The van der Waals surface area contributed by atoms with Crippen LogP contribution in [-0.4, -0.2) is 15.8 Å². The van der Waals surface area contributed by atoms with Crippen molar-refractivity contribution in [3.05, 3.63) is 126 Å². The summed E-state index contributed by atoms with van der Waals surface area (Å²) in [5.74, 6) is 8.83. The molecule has 3 aliphatic rings. The van der Waals surface area contributed by atoms with E-state index in [1.807, 2.05) is 12.1 Å². The molecule has 0 heterocycles. The number of phenols is 1. The van der Waals surface area contributed by atoms with Crippen LogP contribution in [0.3, 0.4) is 0 Å². The van der Waals surface area contributed by atoms with Gasteiger partial charge in [0.1, 0.15) is 11.4 Å². The minimum absolute atomic E-state index is 0.216. The van der Waals surface area contributed by atoms with Crippen molar-refractivity contribution in [3.63, 3.8) is 0 Å². The third-order valence-corrected chi connectivity index (χ3v) is 11.4. The van der Waals surface area contributed by atoms with E-state index >= 15 is 0 Å². The summed E-state index contributed by atoms with van der Waals surface area (Å²) in [7, 11) is 0. The molecule has 5 aromatic rings. The van der Waals surface area contributed by atoms with E-state index in [1.54, 1.807) is 0 Å². The number of hydrogen-bond donors (Lipinski definition) is 2. The average Bonchev–Trinajstić information content (AvgIpc) is 3.33. The number of aromatic hydroxyl groups is 1. The molecule has 0 bridgehead atoms. The summed E-state index contributed by atoms with van der Waals surface area (Å²) in [6.07, 6.45) is 5.93. The Labute approximate surface area is 260 Å². The third kappa shape index (κ3) is 4.37. The molecule has 2 nitrogen and oxygen atoms in total. The standard InChI is InChI=1S/C42H38O2/c1-41-21-19-36-35-17-15-34(43)25-33(35)14-16-37(36)40(41)20-23-42(41,44)22-18-28-8-7-13-32(24-28)39-27-31-12-6-5-11-30(31)26-38(39)29-9-3-2-4-10-29/h2-13,15,17,24-27,36-37,40,43-44H,14,16,19-21,23H2,1H3/t36-,37-,40+,41+,42+/m1/s1. The average molecular weight is 575 g/mol. The molecule has 8 rings (SSSR count). The van der Waals surface area contributed by atoms with Crippen LogP contribution in [0.25, 0.3) is 33.0 Å². The second-order valence-corrected chi connectivity index (χ2v) is 13.6. The SMILES string of the molecule is C[C@]12CC[C@@H]3c4ccc(O)cc4CC[C@H]3[C@@H]1CC[C@@]2(O)C#Cc1cccc(-c2cc3ccccc3cc2-c2ccccc2)c1. The summed E-state index contributed by atoms with van der Waals surface area (Å²) in [6, 6.07) is 38.2. The van der Waals surface area contributed by atoms with Gasteiger partial charge in [-0.15, -0.1) is 0 Å². The lowest BCUT2D eigenvalue weighted by molar-refractivity contribution is -0.0647. The fraction of sp³-hybridized carbons (Fsp3) is 0.286. The molecule has 218 valence electrons. The molecule has 0 spiro atoms. The predicted molar refractivity (Wildman–Crippen MR) is 179 cm³/mol. The molecule has 0 aromatic heterocycles. The Hall–Kier alpha value is -4.32. The van der Waals surface area contributed by atoms with Crippen molar-refractivity contribution in [2.45, 2.75) is 57.0 Å². The van der Waals surface area contributed by atoms with Gasteiger partial charge in [-0.3, -0.25) is 0 Å². The largest absolute Gasteiger partial charge is 0.508 e. The highest BCUT2D eigenvalue weighted by Gasteiger charge is 2.61. The molecule has 0 amide bonds.